The number of hydrogen-bond acceptors (Lipinski definition) is 2. The first-order valence-corrected chi connectivity index (χ1v) is 11.3. The van der Waals surface area contributed by atoms with Crippen molar-refractivity contribution >= 4 is 11.9 Å². The number of amides is 1. The lowest BCUT2D eigenvalue weighted by atomic mass is 10.1. The summed E-state index contributed by atoms with van der Waals surface area (Å²) in [5.74, 6) is -1.15. The molecule has 1 aromatic rings. The normalized spacial score (nSPS) is 12.2. The molecule has 1 rings (SSSR count). The summed E-state index contributed by atoms with van der Waals surface area (Å²) in [6.45, 7) is 2.24. The van der Waals surface area contributed by atoms with E-state index in [9.17, 15) is 14.7 Å². The highest BCUT2D eigenvalue weighted by atomic mass is 16.4. The first-order valence-electron chi connectivity index (χ1n) is 11.3. The molecule has 2 N–H and O–H groups in total. The molecule has 0 aliphatic carbocycles. The summed E-state index contributed by atoms with van der Waals surface area (Å²) in [6.07, 6.45) is 18.3. The van der Waals surface area contributed by atoms with Crippen LogP contribution >= 0.6 is 0 Å². The summed E-state index contributed by atoms with van der Waals surface area (Å²) < 4.78 is 0. The predicted molar refractivity (Wildman–Crippen MR) is 120 cm³/mol. The molecule has 0 heterocycles. The van der Waals surface area contributed by atoms with Crippen molar-refractivity contribution in [1.29, 1.82) is 0 Å². The second kappa shape index (κ2) is 16.8. The number of carboxylic acid groups (broad SMARTS) is 1. The minimum atomic E-state index is -0.986. The molecule has 0 radical (unpaired) electrons. The van der Waals surface area contributed by atoms with Gasteiger partial charge in [-0.1, -0.05) is 87.9 Å². The van der Waals surface area contributed by atoms with Crippen molar-refractivity contribution in [2.24, 2.45) is 0 Å². The van der Waals surface area contributed by atoms with Gasteiger partial charge in [-0.15, -0.1) is 0 Å². The Bertz CT molecular complexity index is 583. The fourth-order valence-corrected chi connectivity index (χ4v) is 3.32. The van der Waals surface area contributed by atoms with Crippen LogP contribution in [0.1, 0.15) is 89.5 Å². The van der Waals surface area contributed by atoms with E-state index in [1.807, 2.05) is 30.3 Å². The minimum absolute atomic E-state index is 0.167. The average molecular weight is 402 g/mol. The zero-order valence-corrected chi connectivity index (χ0v) is 18.1. The number of unbranched alkanes of at least 4 members (excludes halogenated alkanes) is 9. The quantitative estimate of drug-likeness (QED) is 0.246. The van der Waals surface area contributed by atoms with Gasteiger partial charge < -0.3 is 10.4 Å². The molecule has 4 heteroatoms. The first kappa shape index (κ1) is 24.9. The fourth-order valence-electron chi connectivity index (χ4n) is 3.32. The van der Waals surface area contributed by atoms with E-state index in [1.165, 1.54) is 44.9 Å². The monoisotopic (exact) mass is 401 g/mol. The van der Waals surface area contributed by atoms with Crippen LogP contribution in [0.15, 0.2) is 42.5 Å². The molecule has 1 aromatic carbocycles. The van der Waals surface area contributed by atoms with Gasteiger partial charge in [0.25, 0.3) is 0 Å². The smallest absolute Gasteiger partial charge is 0.326 e. The molecule has 1 unspecified atom stereocenters. The lowest BCUT2D eigenvalue weighted by molar-refractivity contribution is -0.141. The van der Waals surface area contributed by atoms with Crippen LogP contribution in [0.3, 0.4) is 0 Å². The van der Waals surface area contributed by atoms with Gasteiger partial charge in [0.1, 0.15) is 6.04 Å². The number of nitrogens with one attached hydrogen (secondary N) is 1. The molecule has 0 fully saturated rings. The van der Waals surface area contributed by atoms with Crippen LogP contribution in [-0.2, 0) is 16.0 Å². The number of carbonyl (C=O) groups is 2. The van der Waals surface area contributed by atoms with Gasteiger partial charge in [-0.05, 0) is 37.7 Å². The molecule has 29 heavy (non-hydrogen) atoms. The van der Waals surface area contributed by atoms with Crippen molar-refractivity contribution in [2.45, 2.75) is 96.4 Å². The number of carboxylic acids is 1. The van der Waals surface area contributed by atoms with Gasteiger partial charge in [0.05, 0.1) is 0 Å². The predicted octanol–water partition coefficient (Wildman–Crippen LogP) is 6.06. The number of benzene rings is 1. The van der Waals surface area contributed by atoms with Crippen molar-refractivity contribution in [3.05, 3.63) is 48.0 Å². The molecule has 0 aliphatic heterocycles. The van der Waals surface area contributed by atoms with Crippen molar-refractivity contribution in [3.8, 4) is 0 Å². The van der Waals surface area contributed by atoms with Crippen LogP contribution in [0.4, 0.5) is 0 Å². The lowest BCUT2D eigenvalue weighted by Gasteiger charge is -2.14. The maximum Gasteiger partial charge on any atom is 0.326 e. The van der Waals surface area contributed by atoms with Crippen molar-refractivity contribution in [2.75, 3.05) is 0 Å². The SMILES string of the molecule is CCCCCCC=CCCCCCCCC(=O)NC(Cc1ccccc1)C(=O)O. The molecule has 0 saturated heterocycles. The zero-order valence-electron chi connectivity index (χ0n) is 18.1. The standard InChI is InChI=1S/C25H39NO3/c1-2-3-4-5-6-7-8-9-10-11-12-13-17-20-24(27)26-23(25(28)29)21-22-18-15-14-16-19-22/h7-8,14-16,18-19,23H,2-6,9-13,17,20-21H2,1H3,(H,26,27)(H,28,29). The molecule has 1 amide bonds. The van der Waals surface area contributed by atoms with Crippen LogP contribution in [0, 0.1) is 0 Å². The zero-order chi connectivity index (χ0) is 21.2. The van der Waals surface area contributed by atoms with Crippen molar-refractivity contribution in [1.82, 2.24) is 5.32 Å². The maximum atomic E-state index is 12.1. The van der Waals surface area contributed by atoms with E-state index >= 15 is 0 Å². The number of aliphatic carboxylic acids is 1. The number of carbonyl (C=O) groups excluding carboxylic acids is 1. The van der Waals surface area contributed by atoms with E-state index in [2.05, 4.69) is 24.4 Å². The number of allylic oxidation sites excluding steroid dienone is 2. The Labute approximate surface area is 176 Å². The molecule has 0 spiro atoms. The van der Waals surface area contributed by atoms with Crippen LogP contribution in [0.5, 0.6) is 0 Å². The van der Waals surface area contributed by atoms with E-state index in [0.29, 0.717) is 12.8 Å². The van der Waals surface area contributed by atoms with E-state index in [4.69, 9.17) is 0 Å². The fraction of sp³-hybridized carbons (Fsp3) is 0.600. The Hall–Kier alpha value is -2.10. The van der Waals surface area contributed by atoms with E-state index in [0.717, 1.165) is 31.2 Å². The van der Waals surface area contributed by atoms with Gasteiger partial charge in [-0.25, -0.2) is 4.79 Å². The third kappa shape index (κ3) is 13.7. The lowest BCUT2D eigenvalue weighted by Crippen LogP contribution is -2.42. The highest BCUT2D eigenvalue weighted by Gasteiger charge is 2.19. The van der Waals surface area contributed by atoms with Gasteiger partial charge in [0, 0.05) is 12.8 Å². The van der Waals surface area contributed by atoms with E-state index < -0.39 is 12.0 Å². The second-order valence-corrected chi connectivity index (χ2v) is 7.78. The summed E-state index contributed by atoms with van der Waals surface area (Å²) in [4.78, 5) is 23.5. The van der Waals surface area contributed by atoms with Crippen LogP contribution in [0.2, 0.25) is 0 Å². The summed E-state index contributed by atoms with van der Waals surface area (Å²) in [7, 11) is 0. The molecule has 0 bridgehead atoms. The minimum Gasteiger partial charge on any atom is -0.480 e. The second-order valence-electron chi connectivity index (χ2n) is 7.78. The molecular weight excluding hydrogens is 362 g/mol. The first-order chi connectivity index (χ1) is 14.1. The maximum absolute atomic E-state index is 12.1. The summed E-state index contributed by atoms with van der Waals surface area (Å²) >= 11 is 0. The van der Waals surface area contributed by atoms with Gasteiger partial charge in [0.2, 0.25) is 5.91 Å². The van der Waals surface area contributed by atoms with Crippen LogP contribution in [0.25, 0.3) is 0 Å². The van der Waals surface area contributed by atoms with Crippen molar-refractivity contribution < 1.29 is 14.7 Å². The Morgan fingerprint density at radius 1 is 0.897 bits per heavy atom. The molecular formula is C25H39NO3. The molecule has 0 aromatic heterocycles. The summed E-state index contributed by atoms with van der Waals surface area (Å²) in [5, 5.41) is 12.0. The van der Waals surface area contributed by atoms with Crippen molar-refractivity contribution in [3.63, 3.8) is 0 Å². The van der Waals surface area contributed by atoms with Gasteiger partial charge in [0.15, 0.2) is 0 Å². The largest absolute Gasteiger partial charge is 0.480 e. The topological polar surface area (TPSA) is 66.4 Å². The molecule has 162 valence electrons. The van der Waals surface area contributed by atoms with E-state index in [-0.39, 0.29) is 5.91 Å². The third-order valence-corrected chi connectivity index (χ3v) is 5.08. The van der Waals surface area contributed by atoms with Gasteiger partial charge >= 0.3 is 5.97 Å². The number of hydrogen-bond donors (Lipinski definition) is 2. The highest BCUT2D eigenvalue weighted by Crippen LogP contribution is 2.09. The van der Waals surface area contributed by atoms with E-state index in [1.54, 1.807) is 0 Å². The average Bonchev–Trinajstić information content (AvgIpc) is 2.71. The molecule has 0 aliphatic rings. The Kier molecular flexibility index (Phi) is 14.5. The Morgan fingerprint density at radius 2 is 1.48 bits per heavy atom. The molecule has 1 atom stereocenters. The summed E-state index contributed by atoms with van der Waals surface area (Å²) in [6, 6.07) is 8.54. The Morgan fingerprint density at radius 3 is 2.10 bits per heavy atom. The van der Waals surface area contributed by atoms with Crippen LogP contribution < -0.4 is 5.32 Å². The molecule has 4 nitrogen and oxygen atoms in total. The van der Waals surface area contributed by atoms with Gasteiger partial charge in [-0.2, -0.15) is 0 Å². The summed E-state index contributed by atoms with van der Waals surface area (Å²) in [5.41, 5.74) is 0.912. The van der Waals surface area contributed by atoms with Gasteiger partial charge in [-0.3, -0.25) is 4.79 Å². The Balaban J connectivity index is 2.05. The van der Waals surface area contributed by atoms with Crippen LogP contribution in [-0.4, -0.2) is 23.0 Å². The highest BCUT2D eigenvalue weighted by molar-refractivity contribution is 5.83. The third-order valence-electron chi connectivity index (χ3n) is 5.08. The number of rotatable bonds is 17. The molecule has 0 saturated carbocycles.